The van der Waals surface area contributed by atoms with Gasteiger partial charge in [-0.05, 0) is 6.07 Å². The summed E-state index contributed by atoms with van der Waals surface area (Å²) in [6.45, 7) is 2.55. The maximum atomic E-state index is 13.8. The number of piperazine rings is 1. The first-order valence-corrected chi connectivity index (χ1v) is 6.19. The van der Waals surface area contributed by atoms with Gasteiger partial charge in [-0.25, -0.2) is 14.2 Å². The Bertz CT molecular complexity index is 517. The van der Waals surface area contributed by atoms with Crippen LogP contribution in [0.5, 0.6) is 0 Å². The summed E-state index contributed by atoms with van der Waals surface area (Å²) in [7, 11) is 0. The standard InChI is InChI=1S/C12H15FN4O3/c13-10-8(12(19)20)1-2-15-11(10)16-7-9(18)17-5-3-14-4-6-17/h1-2,14H,3-7H2,(H,15,16)(H,19,20). The van der Waals surface area contributed by atoms with E-state index < -0.39 is 17.3 Å². The fourth-order valence-corrected chi connectivity index (χ4v) is 1.92. The van der Waals surface area contributed by atoms with Gasteiger partial charge in [0.05, 0.1) is 6.54 Å². The van der Waals surface area contributed by atoms with E-state index in [4.69, 9.17) is 5.11 Å². The zero-order valence-corrected chi connectivity index (χ0v) is 10.7. The lowest BCUT2D eigenvalue weighted by Gasteiger charge is -2.27. The predicted molar refractivity (Wildman–Crippen MR) is 69.1 cm³/mol. The maximum absolute atomic E-state index is 13.8. The van der Waals surface area contributed by atoms with E-state index in [2.05, 4.69) is 15.6 Å². The second kappa shape index (κ2) is 6.29. The average molecular weight is 282 g/mol. The Hall–Kier alpha value is -2.22. The number of hydrogen-bond acceptors (Lipinski definition) is 5. The van der Waals surface area contributed by atoms with E-state index in [1.165, 1.54) is 6.20 Å². The SMILES string of the molecule is O=C(O)c1ccnc(NCC(=O)N2CCNCC2)c1F. The third kappa shape index (κ3) is 3.21. The van der Waals surface area contributed by atoms with E-state index in [0.717, 1.165) is 19.2 Å². The van der Waals surface area contributed by atoms with Crippen molar-refractivity contribution in [1.29, 1.82) is 0 Å². The van der Waals surface area contributed by atoms with Crippen molar-refractivity contribution in [2.24, 2.45) is 0 Å². The number of carbonyl (C=O) groups is 2. The van der Waals surface area contributed by atoms with Crippen molar-refractivity contribution in [1.82, 2.24) is 15.2 Å². The van der Waals surface area contributed by atoms with Gasteiger partial charge in [0.2, 0.25) is 5.91 Å². The maximum Gasteiger partial charge on any atom is 0.338 e. The summed E-state index contributed by atoms with van der Waals surface area (Å²) in [5, 5.41) is 14.5. The van der Waals surface area contributed by atoms with Crippen LogP contribution in [0.3, 0.4) is 0 Å². The largest absolute Gasteiger partial charge is 0.478 e. The summed E-state index contributed by atoms with van der Waals surface area (Å²) in [5.41, 5.74) is -0.475. The molecule has 0 aromatic carbocycles. The Morgan fingerprint density at radius 2 is 2.15 bits per heavy atom. The number of nitrogens with one attached hydrogen (secondary N) is 2. The molecule has 0 bridgehead atoms. The fraction of sp³-hybridized carbons (Fsp3) is 0.417. The quantitative estimate of drug-likeness (QED) is 0.706. The van der Waals surface area contributed by atoms with Crippen LogP contribution in [-0.4, -0.2) is 59.6 Å². The first-order chi connectivity index (χ1) is 9.59. The van der Waals surface area contributed by atoms with Crippen molar-refractivity contribution in [2.45, 2.75) is 0 Å². The van der Waals surface area contributed by atoms with Crippen LogP contribution in [0.1, 0.15) is 10.4 Å². The molecule has 7 nitrogen and oxygen atoms in total. The molecule has 0 saturated carbocycles. The summed E-state index contributed by atoms with van der Waals surface area (Å²) >= 11 is 0. The normalized spacial score (nSPS) is 14.9. The molecule has 2 rings (SSSR count). The molecule has 3 N–H and O–H groups in total. The van der Waals surface area contributed by atoms with E-state index >= 15 is 0 Å². The Kier molecular flexibility index (Phi) is 4.46. The van der Waals surface area contributed by atoms with Crippen LogP contribution in [0.25, 0.3) is 0 Å². The number of carbonyl (C=O) groups excluding carboxylic acids is 1. The number of hydrogen-bond donors (Lipinski definition) is 3. The zero-order chi connectivity index (χ0) is 14.5. The van der Waals surface area contributed by atoms with Crippen molar-refractivity contribution < 1.29 is 19.1 Å². The molecule has 1 aromatic heterocycles. The van der Waals surface area contributed by atoms with Crippen molar-refractivity contribution in [3.63, 3.8) is 0 Å². The molecule has 1 fully saturated rings. The highest BCUT2D eigenvalue weighted by Gasteiger charge is 2.18. The molecule has 2 heterocycles. The second-order valence-electron chi connectivity index (χ2n) is 4.31. The molecular formula is C12H15FN4O3. The monoisotopic (exact) mass is 282 g/mol. The molecule has 1 aliphatic rings. The number of aromatic nitrogens is 1. The highest BCUT2D eigenvalue weighted by atomic mass is 19.1. The van der Waals surface area contributed by atoms with E-state index in [1.54, 1.807) is 4.90 Å². The number of pyridine rings is 1. The molecule has 0 unspecified atom stereocenters. The van der Waals surface area contributed by atoms with Gasteiger partial charge in [-0.3, -0.25) is 4.79 Å². The molecule has 0 atom stereocenters. The van der Waals surface area contributed by atoms with Crippen molar-refractivity contribution in [3.05, 3.63) is 23.6 Å². The van der Waals surface area contributed by atoms with Gasteiger partial charge in [-0.2, -0.15) is 0 Å². The number of aromatic carboxylic acids is 1. The number of carboxylic acid groups (broad SMARTS) is 1. The summed E-state index contributed by atoms with van der Waals surface area (Å²) in [5.74, 6) is -2.74. The Balaban J connectivity index is 1.98. The lowest BCUT2D eigenvalue weighted by Crippen LogP contribution is -2.48. The van der Waals surface area contributed by atoms with E-state index in [1.807, 2.05) is 0 Å². The number of halogens is 1. The number of anilines is 1. The molecule has 1 amide bonds. The topological polar surface area (TPSA) is 94.6 Å². The minimum atomic E-state index is -1.37. The van der Waals surface area contributed by atoms with Gasteiger partial charge in [0.25, 0.3) is 0 Å². The predicted octanol–water partition coefficient (Wildman–Crippen LogP) is -0.237. The Labute approximate surface area is 114 Å². The highest BCUT2D eigenvalue weighted by molar-refractivity contribution is 5.89. The third-order valence-corrected chi connectivity index (χ3v) is 3.00. The molecule has 20 heavy (non-hydrogen) atoms. The molecule has 1 aromatic rings. The minimum absolute atomic E-state index is 0.118. The smallest absolute Gasteiger partial charge is 0.338 e. The van der Waals surface area contributed by atoms with Crippen LogP contribution in [0.15, 0.2) is 12.3 Å². The molecule has 108 valence electrons. The van der Waals surface area contributed by atoms with E-state index in [-0.39, 0.29) is 18.3 Å². The summed E-state index contributed by atoms with van der Waals surface area (Å²) in [6, 6.07) is 1.07. The van der Waals surface area contributed by atoms with Crippen LogP contribution < -0.4 is 10.6 Å². The first-order valence-electron chi connectivity index (χ1n) is 6.19. The van der Waals surface area contributed by atoms with Crippen LogP contribution in [0.4, 0.5) is 10.2 Å². The Morgan fingerprint density at radius 3 is 2.80 bits per heavy atom. The number of rotatable bonds is 4. The van der Waals surface area contributed by atoms with Crippen molar-refractivity contribution >= 4 is 17.7 Å². The van der Waals surface area contributed by atoms with Crippen LogP contribution >= 0.6 is 0 Å². The van der Waals surface area contributed by atoms with Gasteiger partial charge < -0.3 is 20.6 Å². The molecular weight excluding hydrogens is 267 g/mol. The lowest BCUT2D eigenvalue weighted by atomic mass is 10.2. The van der Waals surface area contributed by atoms with Gasteiger partial charge >= 0.3 is 5.97 Å². The van der Waals surface area contributed by atoms with Crippen LogP contribution in [0, 0.1) is 5.82 Å². The average Bonchev–Trinajstić information content (AvgIpc) is 2.46. The van der Waals surface area contributed by atoms with E-state index in [0.29, 0.717) is 13.1 Å². The van der Waals surface area contributed by atoms with Gasteiger partial charge in [0.1, 0.15) is 5.56 Å². The minimum Gasteiger partial charge on any atom is -0.478 e. The van der Waals surface area contributed by atoms with Gasteiger partial charge in [0, 0.05) is 32.4 Å². The fourth-order valence-electron chi connectivity index (χ4n) is 1.92. The van der Waals surface area contributed by atoms with Gasteiger partial charge in [0.15, 0.2) is 11.6 Å². The lowest BCUT2D eigenvalue weighted by molar-refractivity contribution is -0.129. The highest BCUT2D eigenvalue weighted by Crippen LogP contribution is 2.14. The molecule has 0 aliphatic carbocycles. The van der Waals surface area contributed by atoms with Gasteiger partial charge in [-0.15, -0.1) is 0 Å². The molecule has 0 radical (unpaired) electrons. The summed E-state index contributed by atoms with van der Waals surface area (Å²) < 4.78 is 13.8. The second-order valence-corrected chi connectivity index (χ2v) is 4.31. The molecule has 1 saturated heterocycles. The number of amides is 1. The van der Waals surface area contributed by atoms with Crippen molar-refractivity contribution in [2.75, 3.05) is 38.0 Å². The summed E-state index contributed by atoms with van der Waals surface area (Å²) in [6.07, 6.45) is 1.18. The molecule has 0 spiro atoms. The summed E-state index contributed by atoms with van der Waals surface area (Å²) in [4.78, 5) is 28.0. The van der Waals surface area contributed by atoms with Crippen LogP contribution in [-0.2, 0) is 4.79 Å². The Morgan fingerprint density at radius 1 is 1.45 bits per heavy atom. The number of nitrogens with zero attached hydrogens (tertiary/aromatic N) is 2. The van der Waals surface area contributed by atoms with Gasteiger partial charge in [-0.1, -0.05) is 0 Å². The van der Waals surface area contributed by atoms with E-state index in [9.17, 15) is 14.0 Å². The molecule has 1 aliphatic heterocycles. The van der Waals surface area contributed by atoms with Crippen molar-refractivity contribution in [3.8, 4) is 0 Å². The first kappa shape index (κ1) is 14.2. The number of carboxylic acids is 1. The molecule has 8 heteroatoms. The zero-order valence-electron chi connectivity index (χ0n) is 10.7. The third-order valence-electron chi connectivity index (χ3n) is 3.00. The van der Waals surface area contributed by atoms with Crippen LogP contribution in [0.2, 0.25) is 0 Å².